The average molecular weight is 408 g/mol. The van der Waals surface area contributed by atoms with Gasteiger partial charge < -0.3 is 16.0 Å². The number of nitrogens with one attached hydrogen (secondary N) is 1. The van der Waals surface area contributed by atoms with E-state index in [1.54, 1.807) is 0 Å². The van der Waals surface area contributed by atoms with Gasteiger partial charge in [0.2, 0.25) is 5.91 Å². The lowest BCUT2D eigenvalue weighted by Gasteiger charge is -2.25. The number of carbonyl (C=O) groups is 1. The summed E-state index contributed by atoms with van der Waals surface area (Å²) in [5.74, 6) is -0.0382. The minimum Gasteiger partial charge on any atom is -0.370 e. The third kappa shape index (κ3) is 7.75. The van der Waals surface area contributed by atoms with Gasteiger partial charge in [0.05, 0.1) is 0 Å². The highest BCUT2D eigenvalue weighted by Crippen LogP contribution is 2.24. The van der Waals surface area contributed by atoms with Crippen molar-refractivity contribution >= 4 is 35.8 Å². The first kappa shape index (κ1) is 19.3. The largest absolute Gasteiger partial charge is 0.406 e. The summed E-state index contributed by atoms with van der Waals surface area (Å²) in [4.78, 5) is 15.7. The Morgan fingerprint density at radius 2 is 2.05 bits per heavy atom. The predicted molar refractivity (Wildman–Crippen MR) is 80.9 cm³/mol. The van der Waals surface area contributed by atoms with Crippen molar-refractivity contribution in [3.05, 3.63) is 0 Å². The van der Waals surface area contributed by atoms with Crippen molar-refractivity contribution in [3.63, 3.8) is 0 Å². The SMILES string of the molecule is CN(CC(F)(F)F)C(=O)CN=C(N)NCC1CCC1.I. The van der Waals surface area contributed by atoms with Gasteiger partial charge in [0.15, 0.2) is 5.96 Å². The third-order valence-corrected chi connectivity index (χ3v) is 3.02. The van der Waals surface area contributed by atoms with Gasteiger partial charge in [0.1, 0.15) is 13.1 Å². The van der Waals surface area contributed by atoms with Crippen LogP contribution in [0.15, 0.2) is 4.99 Å². The number of guanidine groups is 1. The van der Waals surface area contributed by atoms with Crippen molar-refractivity contribution in [2.75, 3.05) is 26.7 Å². The molecule has 0 radical (unpaired) electrons. The fraction of sp³-hybridized carbons (Fsp3) is 0.818. The van der Waals surface area contributed by atoms with E-state index in [4.69, 9.17) is 5.73 Å². The molecule has 0 unspecified atom stereocenters. The Morgan fingerprint density at radius 1 is 1.45 bits per heavy atom. The number of amides is 1. The highest BCUT2D eigenvalue weighted by atomic mass is 127. The van der Waals surface area contributed by atoms with E-state index < -0.39 is 18.6 Å². The second kappa shape index (κ2) is 8.53. The number of hydrogen-bond donors (Lipinski definition) is 2. The van der Waals surface area contributed by atoms with Crippen molar-refractivity contribution < 1.29 is 18.0 Å². The maximum absolute atomic E-state index is 12.1. The molecular weight excluding hydrogens is 388 g/mol. The van der Waals surface area contributed by atoms with Crippen LogP contribution in [0.5, 0.6) is 0 Å². The number of carbonyl (C=O) groups excluding carboxylic acids is 1. The lowest BCUT2D eigenvalue weighted by Crippen LogP contribution is -2.40. The maximum atomic E-state index is 12.1. The van der Waals surface area contributed by atoms with E-state index >= 15 is 0 Å². The van der Waals surface area contributed by atoms with E-state index in [9.17, 15) is 18.0 Å². The van der Waals surface area contributed by atoms with Crippen molar-refractivity contribution in [3.8, 4) is 0 Å². The topological polar surface area (TPSA) is 70.7 Å². The van der Waals surface area contributed by atoms with Crippen LogP contribution >= 0.6 is 24.0 Å². The Hall–Kier alpha value is -0.740. The molecule has 5 nitrogen and oxygen atoms in total. The molecule has 0 bridgehead atoms. The zero-order chi connectivity index (χ0) is 14.5. The maximum Gasteiger partial charge on any atom is 0.406 e. The molecule has 9 heteroatoms. The Balaban J connectivity index is 0.00000361. The minimum absolute atomic E-state index is 0. The summed E-state index contributed by atoms with van der Waals surface area (Å²) < 4.78 is 36.2. The number of likely N-dealkylation sites (N-methyl/N-ethyl adjacent to an activating group) is 1. The molecule has 1 rings (SSSR count). The molecule has 1 amide bonds. The summed E-state index contributed by atoms with van der Waals surface area (Å²) in [6, 6.07) is 0. The summed E-state index contributed by atoms with van der Waals surface area (Å²) >= 11 is 0. The first-order valence-corrected chi connectivity index (χ1v) is 6.12. The Labute approximate surface area is 133 Å². The molecular formula is C11H20F3IN4O. The molecule has 0 aromatic rings. The normalized spacial score (nSPS) is 16.1. The van der Waals surface area contributed by atoms with Crippen molar-refractivity contribution in [2.24, 2.45) is 16.6 Å². The van der Waals surface area contributed by atoms with Crippen LogP contribution in [0, 0.1) is 5.92 Å². The average Bonchev–Trinajstić information content (AvgIpc) is 2.21. The molecule has 3 N–H and O–H groups in total. The standard InChI is InChI=1S/C11H19F3N4O.HI/c1-18(7-11(12,13)14)9(19)6-17-10(15)16-5-8-3-2-4-8;/h8H,2-7H2,1H3,(H3,15,16,17);1H. The highest BCUT2D eigenvalue weighted by molar-refractivity contribution is 14.0. The molecule has 1 saturated carbocycles. The molecule has 0 heterocycles. The van der Waals surface area contributed by atoms with Gasteiger partial charge in [-0.3, -0.25) is 4.79 Å². The van der Waals surface area contributed by atoms with E-state index in [0.717, 1.165) is 19.9 Å². The van der Waals surface area contributed by atoms with Crippen LogP contribution in [-0.4, -0.2) is 49.6 Å². The predicted octanol–water partition coefficient (Wildman–Crippen LogP) is 1.33. The lowest BCUT2D eigenvalue weighted by molar-refractivity contribution is -0.157. The second-order valence-corrected chi connectivity index (χ2v) is 4.74. The van der Waals surface area contributed by atoms with E-state index in [1.807, 2.05) is 0 Å². The van der Waals surface area contributed by atoms with E-state index in [1.165, 1.54) is 6.42 Å². The van der Waals surface area contributed by atoms with Gasteiger partial charge in [-0.1, -0.05) is 6.42 Å². The Morgan fingerprint density at radius 3 is 2.50 bits per heavy atom. The first-order valence-electron chi connectivity index (χ1n) is 6.12. The quantitative estimate of drug-likeness (QED) is 0.410. The molecule has 1 aliphatic rings. The van der Waals surface area contributed by atoms with E-state index in [2.05, 4.69) is 10.3 Å². The van der Waals surface area contributed by atoms with Gasteiger partial charge in [-0.2, -0.15) is 13.2 Å². The zero-order valence-electron chi connectivity index (χ0n) is 11.2. The molecule has 0 aromatic carbocycles. The monoisotopic (exact) mass is 408 g/mol. The smallest absolute Gasteiger partial charge is 0.370 e. The number of nitrogens with zero attached hydrogens (tertiary/aromatic N) is 2. The summed E-state index contributed by atoms with van der Waals surface area (Å²) in [6.45, 7) is -0.964. The number of nitrogens with two attached hydrogens (primary N) is 1. The first-order chi connectivity index (χ1) is 8.78. The van der Waals surface area contributed by atoms with Crippen molar-refractivity contribution in [1.29, 1.82) is 0 Å². The van der Waals surface area contributed by atoms with E-state index in [0.29, 0.717) is 17.4 Å². The number of hydrogen-bond acceptors (Lipinski definition) is 2. The number of alkyl halides is 3. The van der Waals surface area contributed by atoms with Gasteiger partial charge in [-0.15, -0.1) is 24.0 Å². The van der Waals surface area contributed by atoms with Crippen LogP contribution in [-0.2, 0) is 4.79 Å². The zero-order valence-corrected chi connectivity index (χ0v) is 13.6. The molecule has 118 valence electrons. The fourth-order valence-electron chi connectivity index (χ4n) is 1.63. The molecule has 0 spiro atoms. The van der Waals surface area contributed by atoms with Crippen LogP contribution in [0.3, 0.4) is 0 Å². The van der Waals surface area contributed by atoms with Gasteiger partial charge in [-0.25, -0.2) is 4.99 Å². The Bertz CT molecular complexity index is 345. The van der Waals surface area contributed by atoms with Gasteiger partial charge in [0.25, 0.3) is 0 Å². The van der Waals surface area contributed by atoms with Crippen LogP contribution in [0.4, 0.5) is 13.2 Å². The molecule has 0 atom stereocenters. The summed E-state index contributed by atoms with van der Waals surface area (Å²) in [5.41, 5.74) is 5.52. The van der Waals surface area contributed by atoms with Crippen LogP contribution < -0.4 is 11.1 Å². The number of halogens is 4. The van der Waals surface area contributed by atoms with Crippen LogP contribution in [0.25, 0.3) is 0 Å². The molecule has 0 aromatic heterocycles. The lowest BCUT2D eigenvalue weighted by atomic mass is 9.85. The molecule has 0 aliphatic heterocycles. The molecule has 0 saturated heterocycles. The van der Waals surface area contributed by atoms with Gasteiger partial charge in [0, 0.05) is 13.6 Å². The van der Waals surface area contributed by atoms with Crippen LogP contribution in [0.1, 0.15) is 19.3 Å². The number of aliphatic imine (C=N–C) groups is 1. The minimum atomic E-state index is -4.40. The molecule has 1 fully saturated rings. The summed E-state index contributed by atoms with van der Waals surface area (Å²) in [5, 5.41) is 2.86. The van der Waals surface area contributed by atoms with E-state index in [-0.39, 0.29) is 36.5 Å². The molecule has 20 heavy (non-hydrogen) atoms. The van der Waals surface area contributed by atoms with Crippen LogP contribution in [0.2, 0.25) is 0 Å². The van der Waals surface area contributed by atoms with Gasteiger partial charge in [-0.05, 0) is 18.8 Å². The molecule has 1 aliphatic carbocycles. The highest BCUT2D eigenvalue weighted by Gasteiger charge is 2.30. The van der Waals surface area contributed by atoms with Crippen molar-refractivity contribution in [1.82, 2.24) is 10.2 Å². The van der Waals surface area contributed by atoms with Crippen molar-refractivity contribution in [2.45, 2.75) is 25.4 Å². The Kier molecular flexibility index (Phi) is 8.21. The summed E-state index contributed by atoms with van der Waals surface area (Å²) in [6.07, 6.45) is -0.896. The number of rotatable bonds is 5. The van der Waals surface area contributed by atoms with Gasteiger partial charge >= 0.3 is 6.18 Å². The second-order valence-electron chi connectivity index (χ2n) is 4.74. The fourth-order valence-corrected chi connectivity index (χ4v) is 1.63. The third-order valence-electron chi connectivity index (χ3n) is 3.02. The summed E-state index contributed by atoms with van der Waals surface area (Å²) in [7, 11) is 1.09.